The Morgan fingerprint density at radius 2 is 2.15 bits per heavy atom. The second-order valence-corrected chi connectivity index (χ2v) is 5.90. The summed E-state index contributed by atoms with van der Waals surface area (Å²) in [6.45, 7) is 3.60. The molecule has 0 amide bonds. The highest BCUT2D eigenvalue weighted by molar-refractivity contribution is 9.10. The van der Waals surface area contributed by atoms with E-state index in [1.54, 1.807) is 13.1 Å². The molecule has 5 nitrogen and oxygen atoms in total. The molecule has 20 heavy (non-hydrogen) atoms. The van der Waals surface area contributed by atoms with E-state index in [0.29, 0.717) is 6.54 Å². The van der Waals surface area contributed by atoms with Crippen LogP contribution in [-0.4, -0.2) is 21.3 Å². The molecule has 0 aliphatic carbocycles. The SMILES string of the molecule is Cc1cc(N2CCc3nn(C)c(=O)cc3C2)ncc1Br. The van der Waals surface area contributed by atoms with Crippen LogP contribution in [0.2, 0.25) is 0 Å². The molecule has 0 spiro atoms. The zero-order valence-corrected chi connectivity index (χ0v) is 13.0. The quantitative estimate of drug-likeness (QED) is 0.798. The summed E-state index contributed by atoms with van der Waals surface area (Å²) in [4.78, 5) is 18.3. The lowest BCUT2D eigenvalue weighted by atomic mass is 10.1. The molecule has 6 heteroatoms. The van der Waals surface area contributed by atoms with Crippen LogP contribution in [0.3, 0.4) is 0 Å². The third kappa shape index (κ3) is 2.35. The van der Waals surface area contributed by atoms with Gasteiger partial charge in [0.1, 0.15) is 5.82 Å². The van der Waals surface area contributed by atoms with E-state index < -0.39 is 0 Å². The maximum absolute atomic E-state index is 11.7. The van der Waals surface area contributed by atoms with E-state index >= 15 is 0 Å². The minimum Gasteiger partial charge on any atom is -0.352 e. The average molecular weight is 335 g/mol. The Hall–Kier alpha value is -1.69. The van der Waals surface area contributed by atoms with Crippen LogP contribution in [0.4, 0.5) is 5.82 Å². The molecule has 0 unspecified atom stereocenters. The van der Waals surface area contributed by atoms with Gasteiger partial charge in [-0.2, -0.15) is 5.10 Å². The molecule has 0 bridgehead atoms. The van der Waals surface area contributed by atoms with Crippen LogP contribution >= 0.6 is 15.9 Å². The number of rotatable bonds is 1. The van der Waals surface area contributed by atoms with Crippen LogP contribution in [0.1, 0.15) is 16.8 Å². The monoisotopic (exact) mass is 334 g/mol. The molecule has 0 radical (unpaired) electrons. The number of hydrogen-bond acceptors (Lipinski definition) is 4. The van der Waals surface area contributed by atoms with Gasteiger partial charge in [-0.25, -0.2) is 9.67 Å². The summed E-state index contributed by atoms with van der Waals surface area (Å²) >= 11 is 3.46. The van der Waals surface area contributed by atoms with Crippen LogP contribution in [0, 0.1) is 6.92 Å². The molecule has 0 N–H and O–H groups in total. The molecule has 0 fully saturated rings. The van der Waals surface area contributed by atoms with E-state index in [-0.39, 0.29) is 5.56 Å². The summed E-state index contributed by atoms with van der Waals surface area (Å²) in [7, 11) is 1.69. The van der Waals surface area contributed by atoms with Crippen molar-refractivity contribution in [3.8, 4) is 0 Å². The van der Waals surface area contributed by atoms with Crippen LogP contribution in [0.5, 0.6) is 0 Å². The van der Waals surface area contributed by atoms with Gasteiger partial charge in [-0.15, -0.1) is 0 Å². The van der Waals surface area contributed by atoms with E-state index in [4.69, 9.17) is 0 Å². The van der Waals surface area contributed by atoms with Crippen LogP contribution in [0.15, 0.2) is 27.6 Å². The molecule has 2 aromatic heterocycles. The number of anilines is 1. The summed E-state index contributed by atoms with van der Waals surface area (Å²) in [5.74, 6) is 0.942. The summed E-state index contributed by atoms with van der Waals surface area (Å²) in [6, 6.07) is 3.74. The van der Waals surface area contributed by atoms with E-state index in [9.17, 15) is 4.79 Å². The van der Waals surface area contributed by atoms with Gasteiger partial charge in [0.25, 0.3) is 5.56 Å². The molecule has 3 heterocycles. The number of aryl methyl sites for hydroxylation is 2. The number of pyridine rings is 1. The predicted molar refractivity (Wildman–Crippen MR) is 80.9 cm³/mol. The minimum absolute atomic E-state index is 0.0643. The van der Waals surface area contributed by atoms with Crippen molar-refractivity contribution in [2.24, 2.45) is 7.05 Å². The molecule has 0 atom stereocenters. The fourth-order valence-electron chi connectivity index (χ4n) is 2.39. The first-order valence-corrected chi connectivity index (χ1v) is 7.27. The predicted octanol–water partition coefficient (Wildman–Crippen LogP) is 1.81. The van der Waals surface area contributed by atoms with Gasteiger partial charge in [0.2, 0.25) is 0 Å². The molecule has 3 rings (SSSR count). The Morgan fingerprint density at radius 3 is 2.90 bits per heavy atom. The summed E-state index contributed by atoms with van der Waals surface area (Å²) in [5.41, 5.74) is 3.10. The Morgan fingerprint density at radius 1 is 1.35 bits per heavy atom. The minimum atomic E-state index is -0.0643. The fraction of sp³-hybridized carbons (Fsp3) is 0.357. The Kier molecular flexibility index (Phi) is 3.33. The third-order valence-corrected chi connectivity index (χ3v) is 4.42. The van der Waals surface area contributed by atoms with E-state index in [0.717, 1.165) is 40.1 Å². The van der Waals surface area contributed by atoms with Crippen molar-refractivity contribution in [2.45, 2.75) is 19.9 Å². The second kappa shape index (κ2) is 5.01. The van der Waals surface area contributed by atoms with Crippen LogP contribution in [0.25, 0.3) is 0 Å². The molecular formula is C14H15BrN4O. The number of nitrogens with zero attached hydrogens (tertiary/aromatic N) is 4. The Balaban J connectivity index is 1.93. The van der Waals surface area contributed by atoms with Crippen molar-refractivity contribution in [3.05, 3.63) is 50.0 Å². The van der Waals surface area contributed by atoms with E-state index in [1.165, 1.54) is 4.68 Å². The molecule has 2 aromatic rings. The highest BCUT2D eigenvalue weighted by Gasteiger charge is 2.20. The molecule has 104 valence electrons. The Bertz CT molecular complexity index is 726. The standard InChI is InChI=1S/C14H15BrN4O/c1-9-5-13(16-7-11(9)15)19-4-3-12-10(8-19)6-14(20)18(2)17-12/h5-7H,3-4,8H2,1-2H3. The lowest BCUT2D eigenvalue weighted by molar-refractivity contribution is 0.622. The van der Waals surface area contributed by atoms with Crippen LogP contribution < -0.4 is 10.5 Å². The van der Waals surface area contributed by atoms with Crippen molar-refractivity contribution in [3.63, 3.8) is 0 Å². The maximum atomic E-state index is 11.7. The molecule has 0 aromatic carbocycles. The highest BCUT2D eigenvalue weighted by Crippen LogP contribution is 2.24. The summed E-state index contributed by atoms with van der Waals surface area (Å²) in [5, 5.41) is 4.32. The number of aromatic nitrogens is 3. The third-order valence-electron chi connectivity index (χ3n) is 3.59. The van der Waals surface area contributed by atoms with Gasteiger partial charge in [0.15, 0.2) is 0 Å². The summed E-state index contributed by atoms with van der Waals surface area (Å²) in [6.07, 6.45) is 2.66. The first kappa shape index (κ1) is 13.3. The summed E-state index contributed by atoms with van der Waals surface area (Å²) < 4.78 is 2.41. The largest absolute Gasteiger partial charge is 0.352 e. The molecule has 0 saturated heterocycles. The van der Waals surface area contributed by atoms with E-state index in [2.05, 4.69) is 37.0 Å². The van der Waals surface area contributed by atoms with Crippen molar-refractivity contribution in [1.82, 2.24) is 14.8 Å². The van der Waals surface area contributed by atoms with Crippen molar-refractivity contribution >= 4 is 21.7 Å². The second-order valence-electron chi connectivity index (χ2n) is 5.04. The van der Waals surface area contributed by atoms with Crippen molar-refractivity contribution < 1.29 is 0 Å². The zero-order valence-electron chi connectivity index (χ0n) is 11.4. The fourth-order valence-corrected chi connectivity index (χ4v) is 2.60. The topological polar surface area (TPSA) is 51.0 Å². The zero-order chi connectivity index (χ0) is 14.3. The highest BCUT2D eigenvalue weighted by atomic mass is 79.9. The van der Waals surface area contributed by atoms with Crippen LogP contribution in [-0.2, 0) is 20.0 Å². The Labute approximate surface area is 125 Å². The molecular weight excluding hydrogens is 320 g/mol. The molecule has 1 aliphatic heterocycles. The number of fused-ring (bicyclic) bond motifs is 1. The normalized spacial score (nSPS) is 14.2. The molecule has 0 saturated carbocycles. The van der Waals surface area contributed by atoms with Gasteiger partial charge >= 0.3 is 0 Å². The smallest absolute Gasteiger partial charge is 0.266 e. The number of halogens is 1. The van der Waals surface area contributed by atoms with Gasteiger partial charge in [-0.3, -0.25) is 4.79 Å². The van der Waals surface area contributed by atoms with Crippen molar-refractivity contribution in [2.75, 3.05) is 11.4 Å². The van der Waals surface area contributed by atoms with Gasteiger partial charge in [0.05, 0.1) is 5.69 Å². The number of hydrogen-bond donors (Lipinski definition) is 0. The van der Waals surface area contributed by atoms with Gasteiger partial charge in [-0.05, 0) is 34.5 Å². The first-order valence-electron chi connectivity index (χ1n) is 6.48. The molecule has 1 aliphatic rings. The van der Waals surface area contributed by atoms with Gasteiger partial charge in [0, 0.05) is 48.9 Å². The average Bonchev–Trinajstić information content (AvgIpc) is 2.43. The van der Waals surface area contributed by atoms with Gasteiger partial charge in [-0.1, -0.05) is 0 Å². The van der Waals surface area contributed by atoms with Crippen molar-refractivity contribution in [1.29, 1.82) is 0 Å². The first-order chi connectivity index (χ1) is 9.54. The van der Waals surface area contributed by atoms with Gasteiger partial charge < -0.3 is 4.90 Å². The lowest BCUT2D eigenvalue weighted by Gasteiger charge is -2.29. The lowest BCUT2D eigenvalue weighted by Crippen LogP contribution is -2.34. The van der Waals surface area contributed by atoms with E-state index in [1.807, 2.05) is 13.1 Å². The maximum Gasteiger partial charge on any atom is 0.266 e.